The summed E-state index contributed by atoms with van der Waals surface area (Å²) in [6.07, 6.45) is 4.33. The Morgan fingerprint density at radius 3 is 2.87 bits per heavy atom. The first-order chi connectivity index (χ1) is 15.1. The SMILES string of the molecule is COc1ccc2c(C)cc(N(Cc3cccc4nsnc34)[C@H]3CCC[C@H](N)C3)nc2c1. The molecule has 0 amide bonds. The molecule has 1 aliphatic carbocycles. The Morgan fingerprint density at radius 1 is 1.13 bits per heavy atom. The van der Waals surface area contributed by atoms with Crippen LogP contribution in [0.5, 0.6) is 5.75 Å². The Balaban J connectivity index is 1.60. The lowest BCUT2D eigenvalue weighted by atomic mass is 9.90. The molecule has 31 heavy (non-hydrogen) atoms. The zero-order valence-electron chi connectivity index (χ0n) is 17.9. The van der Waals surface area contributed by atoms with Crippen molar-refractivity contribution in [2.75, 3.05) is 12.0 Å². The molecule has 0 unspecified atom stereocenters. The average molecular weight is 434 g/mol. The molecule has 0 bridgehead atoms. The molecular formula is C24H27N5OS. The number of anilines is 1. The number of rotatable bonds is 5. The van der Waals surface area contributed by atoms with Crippen LogP contribution < -0.4 is 15.4 Å². The van der Waals surface area contributed by atoms with Crippen molar-refractivity contribution in [3.8, 4) is 5.75 Å². The second-order valence-corrected chi connectivity index (χ2v) is 8.97. The average Bonchev–Trinajstić information content (AvgIpc) is 3.26. The van der Waals surface area contributed by atoms with Gasteiger partial charge in [-0.1, -0.05) is 12.1 Å². The molecule has 6 nitrogen and oxygen atoms in total. The number of pyridine rings is 1. The quantitative estimate of drug-likeness (QED) is 0.486. The lowest BCUT2D eigenvalue weighted by Gasteiger charge is -2.37. The van der Waals surface area contributed by atoms with Gasteiger partial charge in [-0.2, -0.15) is 8.75 Å². The van der Waals surface area contributed by atoms with Gasteiger partial charge in [0.15, 0.2) is 0 Å². The van der Waals surface area contributed by atoms with Crippen LogP contribution in [0.4, 0.5) is 5.82 Å². The lowest BCUT2D eigenvalue weighted by Crippen LogP contribution is -2.42. The summed E-state index contributed by atoms with van der Waals surface area (Å²) in [4.78, 5) is 7.51. The third kappa shape index (κ3) is 3.95. The van der Waals surface area contributed by atoms with E-state index >= 15 is 0 Å². The highest BCUT2D eigenvalue weighted by Gasteiger charge is 2.27. The highest BCUT2D eigenvalue weighted by Crippen LogP contribution is 2.32. The molecule has 7 heteroatoms. The van der Waals surface area contributed by atoms with Crippen LogP contribution in [0.15, 0.2) is 42.5 Å². The van der Waals surface area contributed by atoms with Crippen LogP contribution in [-0.2, 0) is 6.54 Å². The summed E-state index contributed by atoms with van der Waals surface area (Å²) in [5.41, 5.74) is 11.7. The van der Waals surface area contributed by atoms with E-state index in [0.29, 0.717) is 6.04 Å². The van der Waals surface area contributed by atoms with Crippen LogP contribution in [0.3, 0.4) is 0 Å². The molecule has 5 rings (SSSR count). The van der Waals surface area contributed by atoms with Crippen molar-refractivity contribution in [1.29, 1.82) is 0 Å². The van der Waals surface area contributed by atoms with Gasteiger partial charge in [-0.3, -0.25) is 0 Å². The molecule has 160 valence electrons. The number of nitrogens with zero attached hydrogens (tertiary/aromatic N) is 4. The molecule has 0 aliphatic heterocycles. The Morgan fingerprint density at radius 2 is 2.03 bits per heavy atom. The summed E-state index contributed by atoms with van der Waals surface area (Å²) in [5.74, 6) is 1.80. The second-order valence-electron chi connectivity index (χ2n) is 8.44. The van der Waals surface area contributed by atoms with E-state index in [1.807, 2.05) is 18.2 Å². The standard InChI is InChI=1S/C24H27N5OS/c1-15-11-23(26-22-13-19(30-2)9-10-20(15)22)29(18-7-4-6-17(25)12-18)14-16-5-3-8-21-24(16)28-31-27-21/h3,5,8-11,13,17-18H,4,6-7,12,14,25H2,1-2H3/t17-,18-/m0/s1. The number of fused-ring (bicyclic) bond motifs is 2. The van der Waals surface area contributed by atoms with E-state index in [0.717, 1.165) is 65.7 Å². The van der Waals surface area contributed by atoms with E-state index in [2.05, 4.69) is 44.8 Å². The van der Waals surface area contributed by atoms with E-state index in [-0.39, 0.29) is 6.04 Å². The van der Waals surface area contributed by atoms with Crippen molar-refractivity contribution < 1.29 is 4.74 Å². The zero-order chi connectivity index (χ0) is 21.4. The van der Waals surface area contributed by atoms with Gasteiger partial charge < -0.3 is 15.4 Å². The first kappa shape index (κ1) is 20.2. The number of aryl methyl sites for hydroxylation is 1. The first-order valence-electron chi connectivity index (χ1n) is 10.8. The number of aromatic nitrogens is 3. The number of methoxy groups -OCH3 is 1. The summed E-state index contributed by atoms with van der Waals surface area (Å²) >= 11 is 1.27. The fourth-order valence-electron chi connectivity index (χ4n) is 4.69. The first-order valence-corrected chi connectivity index (χ1v) is 11.5. The summed E-state index contributed by atoms with van der Waals surface area (Å²) in [7, 11) is 1.69. The molecule has 0 saturated heterocycles. The number of hydrogen-bond acceptors (Lipinski definition) is 7. The zero-order valence-corrected chi connectivity index (χ0v) is 18.7. The minimum absolute atomic E-state index is 0.236. The monoisotopic (exact) mass is 433 g/mol. The van der Waals surface area contributed by atoms with Crippen molar-refractivity contribution >= 4 is 39.5 Å². The van der Waals surface area contributed by atoms with E-state index in [1.54, 1.807) is 7.11 Å². The second kappa shape index (κ2) is 8.40. The number of nitrogens with two attached hydrogens (primary N) is 1. The Kier molecular flexibility index (Phi) is 5.46. The summed E-state index contributed by atoms with van der Waals surface area (Å²) in [6.45, 7) is 2.89. The van der Waals surface area contributed by atoms with Gasteiger partial charge in [-0.15, -0.1) is 0 Å². The van der Waals surface area contributed by atoms with Crippen LogP contribution in [-0.4, -0.2) is 32.9 Å². The molecular weight excluding hydrogens is 406 g/mol. The van der Waals surface area contributed by atoms with Crippen molar-refractivity contribution in [3.05, 3.63) is 53.6 Å². The molecule has 1 saturated carbocycles. The fourth-order valence-corrected chi connectivity index (χ4v) is 5.26. The van der Waals surface area contributed by atoms with E-state index in [4.69, 9.17) is 15.5 Å². The minimum atomic E-state index is 0.236. The molecule has 1 fully saturated rings. The van der Waals surface area contributed by atoms with E-state index in [9.17, 15) is 0 Å². The van der Waals surface area contributed by atoms with E-state index < -0.39 is 0 Å². The van der Waals surface area contributed by atoms with Crippen molar-refractivity contribution in [2.24, 2.45) is 5.73 Å². The molecule has 2 aromatic heterocycles. The third-order valence-corrected chi connectivity index (χ3v) is 6.89. The maximum Gasteiger partial charge on any atom is 0.130 e. The molecule has 2 heterocycles. The number of ether oxygens (including phenoxy) is 1. The molecule has 2 N–H and O–H groups in total. The van der Waals surface area contributed by atoms with Crippen molar-refractivity contribution in [2.45, 2.75) is 51.2 Å². The number of benzene rings is 2. The van der Waals surface area contributed by atoms with Gasteiger partial charge >= 0.3 is 0 Å². The van der Waals surface area contributed by atoms with Crippen LogP contribution in [0.1, 0.15) is 36.8 Å². The topological polar surface area (TPSA) is 77.2 Å². The fraction of sp³-hybridized carbons (Fsp3) is 0.375. The van der Waals surface area contributed by atoms with Gasteiger partial charge in [-0.25, -0.2) is 4.98 Å². The van der Waals surface area contributed by atoms with Crippen molar-refractivity contribution in [1.82, 2.24) is 13.7 Å². The largest absolute Gasteiger partial charge is 0.497 e. The third-order valence-electron chi connectivity index (χ3n) is 6.34. The molecule has 1 aliphatic rings. The van der Waals surface area contributed by atoms with Gasteiger partial charge in [0.05, 0.1) is 24.4 Å². The molecule has 0 radical (unpaired) electrons. The summed E-state index contributed by atoms with van der Waals surface area (Å²) in [6, 6.07) is 15.1. The highest BCUT2D eigenvalue weighted by atomic mass is 32.1. The minimum Gasteiger partial charge on any atom is -0.497 e. The molecule has 2 atom stereocenters. The van der Waals surface area contributed by atoms with Gasteiger partial charge in [0.1, 0.15) is 22.6 Å². The predicted molar refractivity (Wildman–Crippen MR) is 127 cm³/mol. The summed E-state index contributed by atoms with van der Waals surface area (Å²) in [5, 5.41) is 1.15. The van der Waals surface area contributed by atoms with Gasteiger partial charge in [0.2, 0.25) is 0 Å². The predicted octanol–water partition coefficient (Wildman–Crippen LogP) is 4.83. The Hall–Kier alpha value is -2.77. The van der Waals surface area contributed by atoms with Crippen molar-refractivity contribution in [3.63, 3.8) is 0 Å². The maximum atomic E-state index is 6.38. The normalized spacial score (nSPS) is 19.1. The van der Waals surface area contributed by atoms with Gasteiger partial charge in [0.25, 0.3) is 0 Å². The smallest absolute Gasteiger partial charge is 0.130 e. The van der Waals surface area contributed by atoms with E-state index in [1.165, 1.54) is 22.9 Å². The van der Waals surface area contributed by atoms with Gasteiger partial charge in [-0.05, 0) is 62.4 Å². The molecule has 2 aromatic carbocycles. The Labute approximate surface area is 186 Å². The summed E-state index contributed by atoms with van der Waals surface area (Å²) < 4.78 is 14.4. The van der Waals surface area contributed by atoms with Gasteiger partial charge in [0, 0.05) is 35.6 Å². The maximum absolute atomic E-state index is 6.38. The number of hydrogen-bond donors (Lipinski definition) is 1. The highest BCUT2D eigenvalue weighted by molar-refractivity contribution is 7.00. The Bertz CT molecular complexity index is 1220. The van der Waals surface area contributed by atoms with Crippen LogP contribution in [0.2, 0.25) is 0 Å². The molecule has 4 aromatic rings. The molecule has 0 spiro atoms. The van der Waals surface area contributed by atoms with Crippen LogP contribution in [0.25, 0.3) is 21.9 Å². The lowest BCUT2D eigenvalue weighted by molar-refractivity contribution is 0.370. The van der Waals surface area contributed by atoms with Crippen LogP contribution in [0, 0.1) is 6.92 Å². The van der Waals surface area contributed by atoms with Crippen LogP contribution >= 0.6 is 11.7 Å².